The Morgan fingerprint density at radius 2 is 1.86 bits per heavy atom. The van der Waals surface area contributed by atoms with Crippen LogP contribution in [0.5, 0.6) is 17.2 Å². The molecule has 1 heterocycles. The Labute approximate surface area is 258 Å². The van der Waals surface area contributed by atoms with Gasteiger partial charge >= 0.3 is 0 Å². The molecule has 1 aromatic heterocycles. The number of methoxy groups -OCH3 is 3. The first-order valence-corrected chi connectivity index (χ1v) is 14.9. The van der Waals surface area contributed by atoms with E-state index in [1.54, 1.807) is 39.7 Å². The fraction of sp³-hybridized carbons (Fsp3) is 0.455. The molecule has 3 atom stereocenters. The standard InChI is InChI=1S/C33H43N5O6/c1-8-19(2)30(33(41)35-14-16-38-15-13-34-20(38)3)37-26-12-10-23-24(18-27(26)40)25(36-21(4)39)11-9-22-17-28(42-5)31(43-6)32(44-7)29(22)23/h10,12-13,15,17-19,25,30H,8-9,11,14,16H2,1-7H3,(H,35,41)(H,36,39)(H,37,40). The molecular formula is C33H43N5O6. The number of aryl methyl sites for hydroxylation is 2. The summed E-state index contributed by atoms with van der Waals surface area (Å²) in [6, 6.07) is 5.95. The van der Waals surface area contributed by atoms with Crippen molar-refractivity contribution in [1.82, 2.24) is 20.2 Å². The molecule has 3 unspecified atom stereocenters. The van der Waals surface area contributed by atoms with Crippen LogP contribution in [0.3, 0.4) is 0 Å². The molecule has 1 aliphatic carbocycles. The highest BCUT2D eigenvalue weighted by molar-refractivity contribution is 5.86. The number of anilines is 1. The van der Waals surface area contributed by atoms with Crippen LogP contribution in [0.15, 0.2) is 41.5 Å². The maximum absolute atomic E-state index is 13.8. The van der Waals surface area contributed by atoms with E-state index in [2.05, 4.69) is 20.9 Å². The number of benzene rings is 1. The number of aromatic nitrogens is 2. The Hall–Kier alpha value is -4.54. The summed E-state index contributed by atoms with van der Waals surface area (Å²) in [5, 5.41) is 9.29. The van der Waals surface area contributed by atoms with Crippen LogP contribution in [-0.4, -0.2) is 55.3 Å². The number of hydrogen-bond donors (Lipinski definition) is 3. The number of nitrogens with one attached hydrogen (secondary N) is 3. The van der Waals surface area contributed by atoms with E-state index < -0.39 is 12.1 Å². The lowest BCUT2D eigenvalue weighted by Crippen LogP contribution is -2.45. The van der Waals surface area contributed by atoms with Gasteiger partial charge in [0.2, 0.25) is 23.0 Å². The number of imidazole rings is 1. The van der Waals surface area contributed by atoms with E-state index in [4.69, 9.17) is 14.2 Å². The third kappa shape index (κ3) is 6.82. The van der Waals surface area contributed by atoms with E-state index in [1.165, 1.54) is 6.92 Å². The highest BCUT2D eigenvalue weighted by Gasteiger charge is 2.30. The minimum absolute atomic E-state index is 0.0580. The molecule has 11 nitrogen and oxygen atoms in total. The minimum Gasteiger partial charge on any atom is -0.493 e. The minimum atomic E-state index is -0.642. The van der Waals surface area contributed by atoms with Gasteiger partial charge in [-0.05, 0) is 60.6 Å². The van der Waals surface area contributed by atoms with Crippen molar-refractivity contribution in [2.24, 2.45) is 5.92 Å². The SMILES string of the molecule is CCC(C)C(Nc1ccc2c(cc1=O)C(NC(C)=O)CCc1cc(OC)c(OC)c(OC)c1-2)C(=O)NCCn1ccnc1C. The molecule has 0 bridgehead atoms. The van der Waals surface area contributed by atoms with Crippen molar-refractivity contribution in [2.75, 3.05) is 33.2 Å². The monoisotopic (exact) mass is 605 g/mol. The first-order chi connectivity index (χ1) is 21.1. The molecule has 11 heteroatoms. The van der Waals surface area contributed by atoms with Crippen LogP contribution in [0.4, 0.5) is 5.69 Å². The molecule has 4 rings (SSSR count). The summed E-state index contributed by atoms with van der Waals surface area (Å²) in [5.41, 5.74) is 3.07. The molecule has 2 aromatic carbocycles. The molecule has 2 amide bonds. The molecule has 0 saturated heterocycles. The average Bonchev–Trinajstić information content (AvgIpc) is 3.27. The predicted molar refractivity (Wildman–Crippen MR) is 170 cm³/mol. The van der Waals surface area contributed by atoms with Gasteiger partial charge in [0.15, 0.2) is 11.5 Å². The van der Waals surface area contributed by atoms with Crippen LogP contribution in [0.2, 0.25) is 0 Å². The zero-order valence-corrected chi connectivity index (χ0v) is 26.6. The molecule has 44 heavy (non-hydrogen) atoms. The van der Waals surface area contributed by atoms with E-state index >= 15 is 0 Å². The zero-order valence-electron chi connectivity index (χ0n) is 26.6. The fourth-order valence-electron chi connectivity index (χ4n) is 5.75. The maximum atomic E-state index is 13.8. The van der Waals surface area contributed by atoms with Crippen LogP contribution < -0.4 is 35.6 Å². The van der Waals surface area contributed by atoms with Gasteiger partial charge in [-0.3, -0.25) is 14.4 Å². The van der Waals surface area contributed by atoms with Gasteiger partial charge in [0, 0.05) is 38.0 Å². The lowest BCUT2D eigenvalue weighted by Gasteiger charge is -2.24. The van der Waals surface area contributed by atoms with Crippen LogP contribution in [0.25, 0.3) is 11.1 Å². The largest absolute Gasteiger partial charge is 0.493 e. The number of hydrogen-bond acceptors (Lipinski definition) is 8. The third-order valence-electron chi connectivity index (χ3n) is 8.30. The van der Waals surface area contributed by atoms with Crippen LogP contribution >= 0.6 is 0 Å². The molecule has 3 N–H and O–H groups in total. The van der Waals surface area contributed by atoms with Gasteiger partial charge in [-0.1, -0.05) is 26.3 Å². The Morgan fingerprint density at radius 1 is 1.11 bits per heavy atom. The Morgan fingerprint density at radius 3 is 2.48 bits per heavy atom. The van der Waals surface area contributed by atoms with E-state index in [9.17, 15) is 14.4 Å². The number of carbonyl (C=O) groups is 2. The van der Waals surface area contributed by atoms with Crippen molar-refractivity contribution >= 4 is 17.5 Å². The first-order valence-electron chi connectivity index (χ1n) is 14.9. The Bertz CT molecular complexity index is 1570. The molecule has 236 valence electrons. The second kappa shape index (κ2) is 14.3. The van der Waals surface area contributed by atoms with Gasteiger partial charge in [0.1, 0.15) is 11.9 Å². The fourth-order valence-corrected chi connectivity index (χ4v) is 5.75. The van der Waals surface area contributed by atoms with Crippen molar-refractivity contribution in [3.63, 3.8) is 0 Å². The highest BCUT2D eigenvalue weighted by atomic mass is 16.5. The van der Waals surface area contributed by atoms with Crippen LogP contribution in [0.1, 0.15) is 56.6 Å². The number of fused-ring (bicyclic) bond motifs is 3. The van der Waals surface area contributed by atoms with E-state index in [1.807, 2.05) is 43.7 Å². The molecule has 0 fully saturated rings. The molecule has 0 radical (unpaired) electrons. The van der Waals surface area contributed by atoms with E-state index in [0.717, 1.165) is 28.9 Å². The molecular weight excluding hydrogens is 562 g/mol. The summed E-state index contributed by atoms with van der Waals surface area (Å²) >= 11 is 0. The molecule has 0 spiro atoms. The van der Waals surface area contributed by atoms with Gasteiger partial charge in [-0.25, -0.2) is 4.98 Å². The van der Waals surface area contributed by atoms with Gasteiger partial charge in [0.25, 0.3) is 0 Å². The number of carbonyl (C=O) groups excluding carboxylic acids is 2. The van der Waals surface area contributed by atoms with Crippen LogP contribution in [-0.2, 0) is 22.6 Å². The number of rotatable bonds is 12. The maximum Gasteiger partial charge on any atom is 0.242 e. The normalized spacial score (nSPS) is 15.1. The molecule has 3 aromatic rings. The zero-order chi connectivity index (χ0) is 32.0. The summed E-state index contributed by atoms with van der Waals surface area (Å²) in [4.78, 5) is 43.7. The average molecular weight is 606 g/mol. The second-order valence-electron chi connectivity index (χ2n) is 11.1. The lowest BCUT2D eigenvalue weighted by atomic mass is 9.95. The van der Waals surface area contributed by atoms with Crippen molar-refractivity contribution < 1.29 is 23.8 Å². The number of ether oxygens (including phenoxy) is 3. The molecule has 0 saturated carbocycles. The second-order valence-corrected chi connectivity index (χ2v) is 11.1. The van der Waals surface area contributed by atoms with E-state index in [0.29, 0.717) is 48.7 Å². The van der Waals surface area contributed by atoms with E-state index in [-0.39, 0.29) is 28.8 Å². The van der Waals surface area contributed by atoms with Gasteiger partial charge in [-0.15, -0.1) is 0 Å². The summed E-state index contributed by atoms with van der Waals surface area (Å²) in [7, 11) is 4.68. The highest BCUT2D eigenvalue weighted by Crippen LogP contribution is 2.50. The quantitative estimate of drug-likeness (QED) is 0.282. The topological polar surface area (TPSA) is 133 Å². The predicted octanol–water partition coefficient (Wildman–Crippen LogP) is 4.01. The van der Waals surface area contributed by atoms with Gasteiger partial charge in [-0.2, -0.15) is 0 Å². The van der Waals surface area contributed by atoms with Crippen molar-refractivity contribution in [1.29, 1.82) is 0 Å². The van der Waals surface area contributed by atoms with Gasteiger partial charge < -0.3 is 34.7 Å². The number of nitrogens with zero attached hydrogens (tertiary/aromatic N) is 2. The third-order valence-corrected chi connectivity index (χ3v) is 8.30. The summed E-state index contributed by atoms with van der Waals surface area (Å²) in [6.07, 6.45) is 5.48. The number of amides is 2. The first kappa shape index (κ1) is 32.4. The Kier molecular flexibility index (Phi) is 10.5. The lowest BCUT2D eigenvalue weighted by molar-refractivity contribution is -0.123. The van der Waals surface area contributed by atoms with Crippen molar-refractivity contribution in [3.8, 4) is 28.4 Å². The van der Waals surface area contributed by atoms with Crippen LogP contribution in [0, 0.1) is 12.8 Å². The van der Waals surface area contributed by atoms with Crippen molar-refractivity contribution in [3.05, 3.63) is 63.8 Å². The summed E-state index contributed by atoms with van der Waals surface area (Å²) in [6.45, 7) is 8.37. The summed E-state index contributed by atoms with van der Waals surface area (Å²) in [5.74, 6) is 1.86. The summed E-state index contributed by atoms with van der Waals surface area (Å²) < 4.78 is 19.1. The van der Waals surface area contributed by atoms with Crippen molar-refractivity contribution in [2.45, 2.75) is 65.6 Å². The molecule has 1 aliphatic rings. The Balaban J connectivity index is 1.77. The van der Waals surface area contributed by atoms with Gasteiger partial charge in [0.05, 0.1) is 33.1 Å². The smallest absolute Gasteiger partial charge is 0.242 e. The molecule has 0 aliphatic heterocycles.